The molecule has 0 radical (unpaired) electrons. The predicted molar refractivity (Wildman–Crippen MR) is 138 cm³/mol. The number of carbonyl (C=O) groups is 3. The van der Waals surface area contributed by atoms with Crippen molar-refractivity contribution in [1.29, 1.82) is 5.41 Å². The number of ether oxygens (including phenoxy) is 2. The van der Waals surface area contributed by atoms with Crippen molar-refractivity contribution in [2.45, 2.75) is 13.8 Å². The molecule has 3 rings (SSSR count). The number of hydrogen-bond acceptors (Lipinski definition) is 6. The number of anilines is 1. The minimum atomic E-state index is -0.542. The molecule has 0 fully saturated rings. The van der Waals surface area contributed by atoms with E-state index in [4.69, 9.17) is 20.6 Å². The zero-order valence-electron chi connectivity index (χ0n) is 20.1. The van der Waals surface area contributed by atoms with Crippen molar-refractivity contribution in [2.75, 3.05) is 18.1 Å². The Morgan fingerprint density at radius 3 is 2.06 bits per heavy atom. The average molecular weight is 486 g/mol. The highest BCUT2D eigenvalue weighted by atomic mass is 16.5. The number of rotatable bonds is 9. The molecule has 0 aromatic heterocycles. The zero-order chi connectivity index (χ0) is 26.1. The lowest BCUT2D eigenvalue weighted by atomic mass is 10.0. The highest BCUT2D eigenvalue weighted by molar-refractivity contribution is 6.07. The van der Waals surface area contributed by atoms with Crippen LogP contribution in [0.2, 0.25) is 0 Å². The van der Waals surface area contributed by atoms with Crippen LogP contribution in [-0.4, -0.2) is 36.8 Å². The van der Waals surface area contributed by atoms with Crippen LogP contribution in [0.1, 0.15) is 35.3 Å². The molecule has 0 atom stereocenters. The molecule has 3 aromatic rings. The molecule has 8 nitrogen and oxygen atoms in total. The van der Waals surface area contributed by atoms with Crippen LogP contribution in [0.3, 0.4) is 0 Å². The van der Waals surface area contributed by atoms with Gasteiger partial charge in [0.05, 0.1) is 12.2 Å². The van der Waals surface area contributed by atoms with E-state index in [0.717, 1.165) is 5.56 Å². The fourth-order valence-electron chi connectivity index (χ4n) is 3.32. The maximum atomic E-state index is 13.1. The molecule has 3 aromatic carbocycles. The number of nitrogen functional groups attached to an aromatic ring is 1. The molecule has 184 valence electrons. The van der Waals surface area contributed by atoms with E-state index in [1.54, 1.807) is 86.6 Å². The molecule has 0 heterocycles. The Morgan fingerprint density at radius 2 is 1.47 bits per heavy atom. The minimum absolute atomic E-state index is 0.0712. The number of esters is 2. The fourth-order valence-corrected chi connectivity index (χ4v) is 3.32. The molecular formula is C28H27N3O5. The Hall–Kier alpha value is -4.72. The lowest BCUT2D eigenvalue weighted by Gasteiger charge is -2.20. The van der Waals surface area contributed by atoms with Crippen molar-refractivity contribution >= 4 is 34.9 Å². The molecular weight excluding hydrogens is 458 g/mol. The van der Waals surface area contributed by atoms with E-state index in [1.165, 1.54) is 11.0 Å². The van der Waals surface area contributed by atoms with Crippen molar-refractivity contribution in [3.8, 4) is 5.75 Å². The molecule has 0 unspecified atom stereocenters. The standard InChI is InChI=1S/C28H27N3O5/c1-3-35-26(33)18-31(23-7-5-4-6-8-23)25(32)17-19(2)20-9-11-22(12-10-20)28(34)36-24-15-13-21(14-16-24)27(29)30/h4-17H,3,18H2,1-2H3,(H3,29,30)/b19-17-. The third-order valence-electron chi connectivity index (χ3n) is 5.22. The molecule has 0 saturated carbocycles. The maximum Gasteiger partial charge on any atom is 0.343 e. The smallest absolute Gasteiger partial charge is 0.343 e. The van der Waals surface area contributed by atoms with Gasteiger partial charge in [-0.15, -0.1) is 0 Å². The summed E-state index contributed by atoms with van der Waals surface area (Å²) >= 11 is 0. The van der Waals surface area contributed by atoms with Gasteiger partial charge < -0.3 is 15.2 Å². The number of amides is 1. The Kier molecular flexibility index (Phi) is 8.72. The van der Waals surface area contributed by atoms with Gasteiger partial charge in [-0.25, -0.2) is 4.79 Å². The number of allylic oxidation sites excluding steroid dienone is 1. The van der Waals surface area contributed by atoms with Crippen molar-refractivity contribution < 1.29 is 23.9 Å². The number of nitrogens with one attached hydrogen (secondary N) is 1. The first-order valence-electron chi connectivity index (χ1n) is 11.3. The normalized spacial score (nSPS) is 10.9. The quantitative estimate of drug-likeness (QED) is 0.154. The summed E-state index contributed by atoms with van der Waals surface area (Å²) in [6, 6.07) is 21.9. The second-order valence-electron chi connectivity index (χ2n) is 7.80. The second-order valence-corrected chi connectivity index (χ2v) is 7.80. The van der Waals surface area contributed by atoms with Crippen LogP contribution >= 0.6 is 0 Å². The van der Waals surface area contributed by atoms with Crippen LogP contribution in [0, 0.1) is 5.41 Å². The maximum absolute atomic E-state index is 13.1. The van der Waals surface area contributed by atoms with Gasteiger partial charge in [-0.05, 0) is 73.5 Å². The zero-order valence-corrected chi connectivity index (χ0v) is 20.1. The largest absolute Gasteiger partial charge is 0.465 e. The second kappa shape index (κ2) is 12.1. The summed E-state index contributed by atoms with van der Waals surface area (Å²) in [7, 11) is 0. The third kappa shape index (κ3) is 6.89. The molecule has 0 saturated heterocycles. The number of hydrogen-bond donors (Lipinski definition) is 2. The highest BCUT2D eigenvalue weighted by Crippen LogP contribution is 2.20. The lowest BCUT2D eigenvalue weighted by molar-refractivity contribution is -0.142. The van der Waals surface area contributed by atoms with Crippen LogP contribution in [0.5, 0.6) is 5.75 Å². The van der Waals surface area contributed by atoms with E-state index in [1.807, 2.05) is 6.07 Å². The van der Waals surface area contributed by atoms with Gasteiger partial charge in [0, 0.05) is 17.3 Å². The van der Waals surface area contributed by atoms with E-state index >= 15 is 0 Å². The summed E-state index contributed by atoms with van der Waals surface area (Å²) in [5, 5.41) is 7.41. The van der Waals surface area contributed by atoms with Gasteiger partial charge in [-0.1, -0.05) is 30.3 Å². The SMILES string of the molecule is CCOC(=O)CN(C(=O)/C=C(/C)c1ccc(C(=O)Oc2ccc(C(=N)N)cc2)cc1)c1ccccc1. The van der Waals surface area contributed by atoms with Gasteiger partial charge in [-0.2, -0.15) is 0 Å². The molecule has 0 aliphatic heterocycles. The summed E-state index contributed by atoms with van der Waals surface area (Å²) in [4.78, 5) is 39.0. The Morgan fingerprint density at radius 1 is 0.889 bits per heavy atom. The lowest BCUT2D eigenvalue weighted by Crippen LogP contribution is -2.35. The Bertz CT molecular complexity index is 1270. The number of nitrogens with zero attached hydrogens (tertiary/aromatic N) is 1. The van der Waals surface area contributed by atoms with Gasteiger partial charge in [-0.3, -0.25) is 19.9 Å². The predicted octanol–water partition coefficient (Wildman–Crippen LogP) is 4.19. The van der Waals surface area contributed by atoms with E-state index in [9.17, 15) is 14.4 Å². The average Bonchev–Trinajstić information content (AvgIpc) is 2.88. The topological polar surface area (TPSA) is 123 Å². The number of carbonyl (C=O) groups excluding carboxylic acids is 3. The molecule has 1 amide bonds. The molecule has 0 aliphatic carbocycles. The number of amidine groups is 1. The first-order valence-corrected chi connectivity index (χ1v) is 11.3. The number of benzene rings is 3. The van der Waals surface area contributed by atoms with Gasteiger partial charge in [0.2, 0.25) is 0 Å². The minimum Gasteiger partial charge on any atom is -0.465 e. The summed E-state index contributed by atoms with van der Waals surface area (Å²) in [6.07, 6.45) is 1.44. The van der Waals surface area contributed by atoms with Gasteiger partial charge in [0.25, 0.3) is 5.91 Å². The number of nitrogens with two attached hydrogens (primary N) is 1. The van der Waals surface area contributed by atoms with Crippen LogP contribution in [0.4, 0.5) is 5.69 Å². The first kappa shape index (κ1) is 25.9. The van der Waals surface area contributed by atoms with Gasteiger partial charge >= 0.3 is 11.9 Å². The molecule has 0 aliphatic rings. The van der Waals surface area contributed by atoms with Crippen molar-refractivity contribution in [2.24, 2.45) is 5.73 Å². The first-order chi connectivity index (χ1) is 17.3. The third-order valence-corrected chi connectivity index (χ3v) is 5.22. The van der Waals surface area contributed by atoms with Crippen LogP contribution in [-0.2, 0) is 14.3 Å². The molecule has 3 N–H and O–H groups in total. The summed E-state index contributed by atoms with van der Waals surface area (Å²) in [6.45, 7) is 3.50. The van der Waals surface area contributed by atoms with Crippen LogP contribution in [0.25, 0.3) is 5.57 Å². The summed E-state index contributed by atoms with van der Waals surface area (Å²) < 4.78 is 10.4. The molecule has 0 spiro atoms. The summed E-state index contributed by atoms with van der Waals surface area (Å²) in [5.74, 6) is -1.15. The van der Waals surface area contributed by atoms with E-state index < -0.39 is 11.9 Å². The Balaban J connectivity index is 1.72. The van der Waals surface area contributed by atoms with Gasteiger partial charge in [0.1, 0.15) is 18.1 Å². The molecule has 36 heavy (non-hydrogen) atoms. The van der Waals surface area contributed by atoms with E-state index in [2.05, 4.69) is 0 Å². The van der Waals surface area contributed by atoms with Crippen LogP contribution in [0.15, 0.2) is 84.9 Å². The van der Waals surface area contributed by atoms with Crippen molar-refractivity contribution in [3.63, 3.8) is 0 Å². The van der Waals surface area contributed by atoms with Crippen molar-refractivity contribution in [3.05, 3.63) is 102 Å². The fraction of sp³-hybridized carbons (Fsp3) is 0.143. The van der Waals surface area contributed by atoms with Crippen molar-refractivity contribution in [1.82, 2.24) is 0 Å². The molecule has 0 bridgehead atoms. The van der Waals surface area contributed by atoms with Gasteiger partial charge in [0.15, 0.2) is 0 Å². The highest BCUT2D eigenvalue weighted by Gasteiger charge is 2.19. The van der Waals surface area contributed by atoms with E-state index in [-0.39, 0.29) is 24.9 Å². The number of para-hydroxylation sites is 1. The van der Waals surface area contributed by atoms with E-state index in [0.29, 0.717) is 28.1 Å². The molecule has 8 heteroatoms. The monoisotopic (exact) mass is 485 g/mol. The summed E-state index contributed by atoms with van der Waals surface area (Å²) in [5.41, 5.74) is 8.26. The Labute approximate surface area is 209 Å². The van der Waals surface area contributed by atoms with Crippen LogP contribution < -0.4 is 15.4 Å².